The lowest BCUT2D eigenvalue weighted by Gasteiger charge is -2.30. The van der Waals surface area contributed by atoms with Crippen LogP contribution < -0.4 is 26.8 Å². The van der Waals surface area contributed by atoms with E-state index in [-0.39, 0.29) is 29.3 Å². The molecule has 3 aromatic rings. The largest absolute Gasteiger partial charge is 0.496 e. The van der Waals surface area contributed by atoms with Gasteiger partial charge in [0.1, 0.15) is 11.6 Å². The molecule has 6 N–H and O–H groups in total. The van der Waals surface area contributed by atoms with Gasteiger partial charge < -0.3 is 26.8 Å². The number of nitrogens with two attached hydrogens (primary N) is 2. The fourth-order valence-electron chi connectivity index (χ4n) is 4.04. The molecule has 1 unspecified atom stereocenters. The van der Waals surface area contributed by atoms with Crippen molar-refractivity contribution in [1.82, 2.24) is 9.97 Å². The Bertz CT molecular complexity index is 1160. The smallest absolute Gasteiger partial charge is 0.252 e. The van der Waals surface area contributed by atoms with Crippen molar-refractivity contribution in [1.29, 1.82) is 0 Å². The summed E-state index contributed by atoms with van der Waals surface area (Å²) >= 11 is 0. The first-order chi connectivity index (χ1) is 16.0. The minimum atomic E-state index is -0.788. The summed E-state index contributed by atoms with van der Waals surface area (Å²) < 4.78 is 20.2. The Morgan fingerprint density at radius 1 is 1.15 bits per heavy atom. The number of hydrogen-bond donors (Lipinski definition) is 4. The van der Waals surface area contributed by atoms with Crippen LogP contribution in [0.2, 0.25) is 0 Å². The predicted molar refractivity (Wildman–Crippen MR) is 126 cm³/mol. The molecule has 1 fully saturated rings. The molecule has 4 rings (SSSR count). The molecule has 2 heterocycles. The minimum absolute atomic E-state index is 0.0314. The molecule has 8 nitrogen and oxygen atoms in total. The van der Waals surface area contributed by atoms with Gasteiger partial charge in [0.2, 0.25) is 0 Å². The Morgan fingerprint density at radius 3 is 2.70 bits per heavy atom. The number of carbonyl (C=O) groups excluding carboxylic acids is 1. The number of ether oxygens (including phenoxy) is 1. The molecule has 0 spiro atoms. The van der Waals surface area contributed by atoms with E-state index >= 15 is 0 Å². The highest BCUT2D eigenvalue weighted by Crippen LogP contribution is 2.31. The van der Waals surface area contributed by atoms with Crippen molar-refractivity contribution in [3.05, 3.63) is 60.0 Å². The summed E-state index contributed by atoms with van der Waals surface area (Å²) in [4.78, 5) is 20.8. The Morgan fingerprint density at radius 2 is 1.94 bits per heavy atom. The second kappa shape index (κ2) is 9.83. The Labute approximate surface area is 191 Å². The molecular weight excluding hydrogens is 423 g/mol. The van der Waals surface area contributed by atoms with Crippen molar-refractivity contribution in [2.75, 3.05) is 17.7 Å². The molecule has 1 saturated carbocycles. The Balaban J connectivity index is 1.66. The van der Waals surface area contributed by atoms with Crippen molar-refractivity contribution < 1.29 is 13.9 Å². The molecular formula is C24H27FN6O2. The summed E-state index contributed by atoms with van der Waals surface area (Å²) in [5, 5.41) is 6.20. The number of nitrogens with zero attached hydrogens (tertiary/aromatic N) is 2. The lowest BCUT2D eigenvalue weighted by Crippen LogP contribution is -2.43. The van der Waals surface area contributed by atoms with Gasteiger partial charge in [-0.1, -0.05) is 25.0 Å². The molecule has 2 aromatic heterocycles. The number of benzene rings is 1. The maximum atomic E-state index is 14.8. The maximum Gasteiger partial charge on any atom is 0.252 e. The van der Waals surface area contributed by atoms with E-state index in [0.717, 1.165) is 37.3 Å². The van der Waals surface area contributed by atoms with E-state index < -0.39 is 11.7 Å². The maximum absolute atomic E-state index is 14.8. The molecule has 0 aliphatic heterocycles. The van der Waals surface area contributed by atoms with Crippen molar-refractivity contribution >= 4 is 23.2 Å². The fraction of sp³-hybridized carbons (Fsp3) is 0.292. The van der Waals surface area contributed by atoms with Gasteiger partial charge in [-0.15, -0.1) is 0 Å². The average molecular weight is 451 g/mol. The van der Waals surface area contributed by atoms with E-state index in [2.05, 4.69) is 20.6 Å². The zero-order valence-electron chi connectivity index (χ0n) is 18.3. The van der Waals surface area contributed by atoms with E-state index in [1.807, 2.05) is 24.3 Å². The third kappa shape index (κ3) is 5.04. The number of methoxy groups -OCH3 is 1. The van der Waals surface area contributed by atoms with E-state index in [1.54, 1.807) is 25.4 Å². The zero-order valence-corrected chi connectivity index (χ0v) is 18.3. The van der Waals surface area contributed by atoms with Crippen molar-refractivity contribution in [2.24, 2.45) is 11.5 Å². The summed E-state index contributed by atoms with van der Waals surface area (Å²) in [5.74, 6) is -0.590. The van der Waals surface area contributed by atoms with Crippen molar-refractivity contribution in [2.45, 2.75) is 37.8 Å². The molecule has 1 aliphatic rings. The van der Waals surface area contributed by atoms with Gasteiger partial charge in [0.25, 0.3) is 5.91 Å². The Kier molecular flexibility index (Phi) is 6.69. The predicted octanol–water partition coefficient (Wildman–Crippen LogP) is 3.82. The van der Waals surface area contributed by atoms with Gasteiger partial charge >= 0.3 is 0 Å². The highest BCUT2D eigenvalue weighted by atomic mass is 19.1. The van der Waals surface area contributed by atoms with Crippen LogP contribution in [0.5, 0.6) is 5.75 Å². The number of rotatable bonds is 7. The molecule has 1 aliphatic carbocycles. The first-order valence-electron chi connectivity index (χ1n) is 10.8. The number of anilines is 3. The number of aromatic nitrogens is 2. The Hall–Kier alpha value is -3.72. The molecule has 1 aromatic carbocycles. The summed E-state index contributed by atoms with van der Waals surface area (Å²) in [6.07, 6.45) is 5.39. The van der Waals surface area contributed by atoms with Crippen molar-refractivity contribution in [3.8, 4) is 17.0 Å². The summed E-state index contributed by atoms with van der Waals surface area (Å²) in [5.41, 5.74) is 13.7. The van der Waals surface area contributed by atoms with Crippen LogP contribution in [0.4, 0.5) is 21.7 Å². The summed E-state index contributed by atoms with van der Waals surface area (Å²) in [6.45, 7) is 0. The molecule has 1 amide bonds. The number of primary amides is 1. The third-order valence-corrected chi connectivity index (χ3v) is 5.79. The van der Waals surface area contributed by atoms with E-state index in [0.29, 0.717) is 17.1 Å². The molecule has 172 valence electrons. The van der Waals surface area contributed by atoms with Crippen LogP contribution >= 0.6 is 0 Å². The number of hydrogen-bond acceptors (Lipinski definition) is 7. The number of nitrogens with one attached hydrogen (secondary N) is 2. The van der Waals surface area contributed by atoms with Crippen LogP contribution in [0.1, 0.15) is 36.0 Å². The average Bonchev–Trinajstić information content (AvgIpc) is 2.82. The van der Waals surface area contributed by atoms with Gasteiger partial charge in [-0.25, -0.2) is 9.37 Å². The first kappa shape index (κ1) is 22.5. The number of halogens is 1. The van der Waals surface area contributed by atoms with Crippen LogP contribution in [0.3, 0.4) is 0 Å². The van der Waals surface area contributed by atoms with Gasteiger partial charge in [-0.05, 0) is 43.2 Å². The second-order valence-electron chi connectivity index (χ2n) is 8.03. The standard InChI is InChI=1S/C24H27FN6O2/c1-33-21-9-5-2-6-15(21)20-12-14(10-11-28-20)29-23-16(22(27)32)13-17(25)24(31-23)30-19-8-4-3-7-18(19)26/h2,5-6,9-13,18-19H,3-4,7-8,26H2,1H3,(H2,27,32)(H2,28,29,30,31)/t18-,19?/m0/s1. The van der Waals surface area contributed by atoms with Gasteiger partial charge in [-0.3, -0.25) is 9.78 Å². The molecule has 0 bridgehead atoms. The highest BCUT2D eigenvalue weighted by molar-refractivity contribution is 5.98. The van der Waals surface area contributed by atoms with Crippen LogP contribution in [0.25, 0.3) is 11.3 Å². The van der Waals surface area contributed by atoms with Crippen LogP contribution in [0.15, 0.2) is 48.7 Å². The van der Waals surface area contributed by atoms with E-state index in [1.165, 1.54) is 0 Å². The number of para-hydroxylation sites is 1. The molecule has 2 atom stereocenters. The highest BCUT2D eigenvalue weighted by Gasteiger charge is 2.24. The normalized spacial score (nSPS) is 17.9. The lowest BCUT2D eigenvalue weighted by atomic mass is 9.91. The van der Waals surface area contributed by atoms with Crippen LogP contribution in [-0.4, -0.2) is 35.1 Å². The fourth-order valence-corrected chi connectivity index (χ4v) is 4.04. The lowest BCUT2D eigenvalue weighted by molar-refractivity contribution is 0.100. The van der Waals surface area contributed by atoms with E-state index in [9.17, 15) is 9.18 Å². The van der Waals surface area contributed by atoms with E-state index in [4.69, 9.17) is 16.2 Å². The SMILES string of the molecule is COc1ccccc1-c1cc(Nc2nc(NC3CCCC[C@@H]3N)c(F)cc2C(N)=O)ccn1. The van der Waals surface area contributed by atoms with Crippen LogP contribution in [0, 0.1) is 5.82 Å². The third-order valence-electron chi connectivity index (χ3n) is 5.79. The van der Waals surface area contributed by atoms with Gasteiger partial charge in [0, 0.05) is 29.5 Å². The van der Waals surface area contributed by atoms with Crippen LogP contribution in [-0.2, 0) is 0 Å². The summed E-state index contributed by atoms with van der Waals surface area (Å²) in [7, 11) is 1.59. The minimum Gasteiger partial charge on any atom is -0.496 e. The molecule has 0 radical (unpaired) electrons. The zero-order chi connectivity index (χ0) is 23.4. The number of amides is 1. The first-order valence-corrected chi connectivity index (χ1v) is 10.8. The monoisotopic (exact) mass is 450 g/mol. The van der Waals surface area contributed by atoms with Gasteiger partial charge in [0.05, 0.1) is 18.4 Å². The van der Waals surface area contributed by atoms with Gasteiger partial charge in [0.15, 0.2) is 11.6 Å². The topological polar surface area (TPSA) is 128 Å². The van der Waals surface area contributed by atoms with Gasteiger partial charge in [-0.2, -0.15) is 0 Å². The second-order valence-corrected chi connectivity index (χ2v) is 8.03. The molecule has 33 heavy (non-hydrogen) atoms. The number of carbonyl (C=O) groups is 1. The van der Waals surface area contributed by atoms with Crippen molar-refractivity contribution in [3.63, 3.8) is 0 Å². The number of pyridine rings is 2. The quantitative estimate of drug-likeness (QED) is 0.431. The molecule has 0 saturated heterocycles. The summed E-state index contributed by atoms with van der Waals surface area (Å²) in [6, 6.07) is 11.9. The molecule has 9 heteroatoms.